The molecule has 1 aromatic heterocycles. The fraction of sp³-hybridized carbons (Fsp3) is 0.474. The highest BCUT2D eigenvalue weighted by atomic mass is 35.5. The molecule has 1 fully saturated rings. The molecule has 2 aromatic rings. The number of likely N-dealkylation sites (tertiary alicyclic amines) is 1. The number of aromatic nitrogens is 2. The van der Waals surface area contributed by atoms with Crippen LogP contribution in [0.2, 0.25) is 5.02 Å². The van der Waals surface area contributed by atoms with Gasteiger partial charge < -0.3 is 14.8 Å². The van der Waals surface area contributed by atoms with Gasteiger partial charge in [-0.3, -0.25) is 4.79 Å². The van der Waals surface area contributed by atoms with Crippen LogP contribution < -0.4 is 5.32 Å². The van der Waals surface area contributed by atoms with Gasteiger partial charge in [0.1, 0.15) is 5.82 Å². The van der Waals surface area contributed by atoms with E-state index in [-0.39, 0.29) is 5.91 Å². The van der Waals surface area contributed by atoms with Crippen molar-refractivity contribution < 1.29 is 4.79 Å². The lowest BCUT2D eigenvalue weighted by Crippen LogP contribution is -2.37. The molecule has 0 saturated carbocycles. The first-order valence-corrected chi connectivity index (χ1v) is 9.16. The molecule has 1 amide bonds. The molecule has 134 valence electrons. The smallest absolute Gasteiger partial charge is 0.225 e. The van der Waals surface area contributed by atoms with Crippen LogP contribution >= 0.6 is 11.6 Å². The van der Waals surface area contributed by atoms with E-state index in [0.29, 0.717) is 17.4 Å². The van der Waals surface area contributed by atoms with Crippen molar-refractivity contribution in [3.8, 4) is 0 Å². The van der Waals surface area contributed by atoms with Crippen LogP contribution in [-0.2, 0) is 11.8 Å². The van der Waals surface area contributed by atoms with Crippen molar-refractivity contribution in [1.82, 2.24) is 14.5 Å². The molecule has 1 aliphatic rings. The summed E-state index contributed by atoms with van der Waals surface area (Å²) >= 11 is 6.11. The van der Waals surface area contributed by atoms with Gasteiger partial charge in [-0.2, -0.15) is 0 Å². The third-order valence-electron chi connectivity index (χ3n) is 4.84. The molecule has 2 heterocycles. The minimum Gasteiger partial charge on any atom is -0.338 e. The van der Waals surface area contributed by atoms with Crippen LogP contribution in [0.4, 0.5) is 5.69 Å². The predicted molar refractivity (Wildman–Crippen MR) is 101 cm³/mol. The van der Waals surface area contributed by atoms with E-state index in [1.54, 1.807) is 6.07 Å². The second-order valence-corrected chi connectivity index (χ2v) is 7.21. The Morgan fingerprint density at radius 3 is 3.00 bits per heavy atom. The average Bonchev–Trinajstić information content (AvgIpc) is 3.03. The van der Waals surface area contributed by atoms with Crippen LogP contribution in [0, 0.1) is 6.92 Å². The molecule has 6 heteroatoms. The molecular weight excluding hydrogens is 336 g/mol. The summed E-state index contributed by atoms with van der Waals surface area (Å²) in [6, 6.07) is 5.60. The summed E-state index contributed by atoms with van der Waals surface area (Å²) in [4.78, 5) is 19.1. The standard InChI is InChI=1S/C19H25ClN4O/c1-14-5-6-16(12-17(14)20)22-18(25)7-10-24-9-3-4-15(13-24)19-21-8-11-23(19)2/h5-6,8,11-12,15H,3-4,7,9-10,13H2,1-2H3,(H,22,25)/t15-/m1/s1. The van der Waals surface area contributed by atoms with Crippen LogP contribution in [0.1, 0.15) is 36.6 Å². The largest absolute Gasteiger partial charge is 0.338 e. The topological polar surface area (TPSA) is 50.2 Å². The summed E-state index contributed by atoms with van der Waals surface area (Å²) in [5.74, 6) is 1.62. The zero-order valence-corrected chi connectivity index (χ0v) is 15.6. The Balaban J connectivity index is 1.50. The second kappa shape index (κ2) is 8.02. The van der Waals surface area contributed by atoms with Gasteiger partial charge in [-0.25, -0.2) is 4.98 Å². The number of carbonyl (C=O) groups is 1. The van der Waals surface area contributed by atoms with Gasteiger partial charge in [-0.05, 0) is 44.0 Å². The van der Waals surface area contributed by atoms with Gasteiger partial charge in [0, 0.05) is 55.6 Å². The number of rotatable bonds is 5. The van der Waals surface area contributed by atoms with E-state index >= 15 is 0 Å². The number of nitrogens with one attached hydrogen (secondary N) is 1. The maximum Gasteiger partial charge on any atom is 0.225 e. The van der Waals surface area contributed by atoms with Gasteiger partial charge in [0.25, 0.3) is 0 Å². The summed E-state index contributed by atoms with van der Waals surface area (Å²) in [5, 5.41) is 3.60. The Morgan fingerprint density at radius 2 is 2.28 bits per heavy atom. The van der Waals surface area contributed by atoms with Gasteiger partial charge in [-0.15, -0.1) is 0 Å². The number of carbonyl (C=O) groups excluding carboxylic acids is 1. The molecule has 1 N–H and O–H groups in total. The number of aryl methyl sites for hydroxylation is 2. The van der Waals surface area contributed by atoms with E-state index in [4.69, 9.17) is 11.6 Å². The third-order valence-corrected chi connectivity index (χ3v) is 5.25. The molecule has 1 saturated heterocycles. The first-order valence-electron chi connectivity index (χ1n) is 8.78. The van der Waals surface area contributed by atoms with Crippen LogP contribution in [0.25, 0.3) is 0 Å². The van der Waals surface area contributed by atoms with Crippen LogP contribution in [0.3, 0.4) is 0 Å². The van der Waals surface area contributed by atoms with E-state index in [9.17, 15) is 4.79 Å². The van der Waals surface area contributed by atoms with E-state index in [2.05, 4.69) is 19.8 Å². The summed E-state index contributed by atoms with van der Waals surface area (Å²) in [5.41, 5.74) is 1.76. The molecular formula is C19H25ClN4O. The molecule has 3 rings (SSSR count). The van der Waals surface area contributed by atoms with Crippen molar-refractivity contribution in [3.05, 3.63) is 47.0 Å². The minimum absolute atomic E-state index is 0.0269. The predicted octanol–water partition coefficient (Wildman–Crippen LogP) is 3.59. The maximum atomic E-state index is 12.2. The molecule has 25 heavy (non-hydrogen) atoms. The number of halogens is 1. The molecule has 1 aliphatic heterocycles. The Hall–Kier alpha value is -1.85. The molecule has 0 spiro atoms. The molecule has 0 aliphatic carbocycles. The molecule has 0 bridgehead atoms. The van der Waals surface area contributed by atoms with Gasteiger partial charge in [0.15, 0.2) is 0 Å². The summed E-state index contributed by atoms with van der Waals surface area (Å²) in [6.45, 7) is 4.73. The fourth-order valence-electron chi connectivity index (χ4n) is 3.39. The van der Waals surface area contributed by atoms with Crippen LogP contribution in [0.5, 0.6) is 0 Å². The number of amides is 1. The van der Waals surface area contributed by atoms with Crippen molar-refractivity contribution in [2.24, 2.45) is 7.05 Å². The minimum atomic E-state index is 0.0269. The quantitative estimate of drug-likeness (QED) is 0.886. The number of hydrogen-bond acceptors (Lipinski definition) is 3. The van der Waals surface area contributed by atoms with Crippen molar-refractivity contribution in [2.45, 2.75) is 32.1 Å². The first kappa shape index (κ1) is 18.0. The Labute approximate surface area is 154 Å². The molecule has 1 aromatic carbocycles. The van der Waals surface area contributed by atoms with E-state index in [1.165, 1.54) is 0 Å². The average molecular weight is 361 g/mol. The molecule has 0 unspecified atom stereocenters. The first-order chi connectivity index (χ1) is 12.0. The Morgan fingerprint density at radius 1 is 1.44 bits per heavy atom. The highest BCUT2D eigenvalue weighted by Gasteiger charge is 2.24. The monoisotopic (exact) mass is 360 g/mol. The highest BCUT2D eigenvalue weighted by Crippen LogP contribution is 2.25. The summed E-state index contributed by atoms with van der Waals surface area (Å²) < 4.78 is 2.10. The zero-order valence-electron chi connectivity index (χ0n) is 14.8. The fourth-order valence-corrected chi connectivity index (χ4v) is 3.57. The number of hydrogen-bond donors (Lipinski definition) is 1. The van der Waals surface area contributed by atoms with Crippen molar-refractivity contribution in [1.29, 1.82) is 0 Å². The molecule has 0 radical (unpaired) electrons. The van der Waals surface area contributed by atoms with Gasteiger partial charge in [-0.1, -0.05) is 17.7 Å². The SMILES string of the molecule is Cc1ccc(NC(=O)CCN2CCC[C@@H](c3nccn3C)C2)cc1Cl. The molecule has 5 nitrogen and oxygen atoms in total. The molecule has 1 atom stereocenters. The normalized spacial score (nSPS) is 18.3. The number of nitrogens with zero attached hydrogens (tertiary/aromatic N) is 3. The maximum absolute atomic E-state index is 12.2. The lowest BCUT2D eigenvalue weighted by atomic mass is 9.97. The second-order valence-electron chi connectivity index (χ2n) is 6.80. The van der Waals surface area contributed by atoms with Crippen LogP contribution in [-0.4, -0.2) is 40.0 Å². The lowest BCUT2D eigenvalue weighted by Gasteiger charge is -2.32. The number of piperidine rings is 1. The van der Waals surface area contributed by atoms with Crippen molar-refractivity contribution in [3.63, 3.8) is 0 Å². The van der Waals surface area contributed by atoms with E-state index in [1.807, 2.05) is 38.5 Å². The van der Waals surface area contributed by atoms with Crippen LogP contribution in [0.15, 0.2) is 30.6 Å². The van der Waals surface area contributed by atoms with Crippen molar-refractivity contribution in [2.75, 3.05) is 25.0 Å². The number of imidazole rings is 1. The summed E-state index contributed by atoms with van der Waals surface area (Å²) in [6.07, 6.45) is 6.64. The zero-order chi connectivity index (χ0) is 17.8. The Bertz CT molecular complexity index is 743. The van der Waals surface area contributed by atoms with E-state index in [0.717, 1.165) is 49.6 Å². The third kappa shape index (κ3) is 4.61. The van der Waals surface area contributed by atoms with Gasteiger partial charge in [0.05, 0.1) is 0 Å². The Kier molecular flexibility index (Phi) is 5.76. The van der Waals surface area contributed by atoms with Gasteiger partial charge in [0.2, 0.25) is 5.91 Å². The van der Waals surface area contributed by atoms with Crippen molar-refractivity contribution >= 4 is 23.2 Å². The van der Waals surface area contributed by atoms with Gasteiger partial charge >= 0.3 is 0 Å². The van der Waals surface area contributed by atoms with E-state index < -0.39 is 0 Å². The number of benzene rings is 1. The number of anilines is 1. The highest BCUT2D eigenvalue weighted by molar-refractivity contribution is 6.31. The lowest BCUT2D eigenvalue weighted by molar-refractivity contribution is -0.116. The summed E-state index contributed by atoms with van der Waals surface area (Å²) in [7, 11) is 2.04.